The van der Waals surface area contributed by atoms with Gasteiger partial charge in [0.25, 0.3) is 0 Å². The third-order valence-corrected chi connectivity index (χ3v) is 2.76. The number of nitrogens with zero attached hydrogens (tertiary/aromatic N) is 1. The fraction of sp³-hybridized carbons (Fsp3) is 0.556. The van der Waals surface area contributed by atoms with Crippen molar-refractivity contribution in [2.45, 2.75) is 32.2 Å². The van der Waals surface area contributed by atoms with Crippen molar-refractivity contribution < 1.29 is 9.90 Å². The van der Waals surface area contributed by atoms with Crippen molar-refractivity contribution in [1.29, 1.82) is 0 Å². The van der Waals surface area contributed by atoms with Crippen LogP contribution in [0.15, 0.2) is 5.38 Å². The molecular weight excluding hydrogens is 200 g/mol. The lowest BCUT2D eigenvalue weighted by Gasteiger charge is -2.05. The molecule has 78 valence electrons. The smallest absolute Gasteiger partial charge is 0.304 e. The number of aryl methyl sites for hydroxylation is 1. The summed E-state index contributed by atoms with van der Waals surface area (Å²) in [4.78, 5) is 14.7. The largest absolute Gasteiger partial charge is 0.481 e. The molecule has 0 fully saturated rings. The zero-order valence-electron chi connectivity index (χ0n) is 8.06. The fourth-order valence-corrected chi connectivity index (χ4v) is 2.10. The second-order valence-electron chi connectivity index (χ2n) is 3.15. The van der Waals surface area contributed by atoms with Crippen LogP contribution in [0.3, 0.4) is 0 Å². The molecule has 0 aromatic carbocycles. The summed E-state index contributed by atoms with van der Waals surface area (Å²) in [7, 11) is 0. The molecule has 1 rings (SSSR count). The Kier molecular flexibility index (Phi) is 4.03. The molecule has 0 aliphatic rings. The van der Waals surface area contributed by atoms with E-state index in [0.29, 0.717) is 6.42 Å². The SMILES string of the molecule is CCc1csc(CC(N)CC(=O)O)n1. The summed E-state index contributed by atoms with van der Waals surface area (Å²) in [6, 6.07) is -0.330. The Morgan fingerprint density at radius 1 is 1.79 bits per heavy atom. The van der Waals surface area contributed by atoms with Crippen molar-refractivity contribution >= 4 is 17.3 Å². The first-order valence-corrected chi connectivity index (χ1v) is 5.40. The first-order chi connectivity index (χ1) is 6.61. The highest BCUT2D eigenvalue weighted by Gasteiger charge is 2.11. The lowest BCUT2D eigenvalue weighted by molar-refractivity contribution is -0.137. The van der Waals surface area contributed by atoms with Crippen LogP contribution in [0.4, 0.5) is 0 Å². The number of carbonyl (C=O) groups is 1. The second kappa shape index (κ2) is 5.07. The number of thiazole rings is 1. The molecule has 1 unspecified atom stereocenters. The van der Waals surface area contributed by atoms with Gasteiger partial charge < -0.3 is 10.8 Å². The summed E-state index contributed by atoms with van der Waals surface area (Å²) in [5.74, 6) is -0.857. The summed E-state index contributed by atoms with van der Waals surface area (Å²) in [5, 5.41) is 11.4. The van der Waals surface area contributed by atoms with Crippen LogP contribution < -0.4 is 5.73 Å². The molecule has 0 aliphatic carbocycles. The molecule has 1 heterocycles. The minimum atomic E-state index is -0.857. The molecule has 0 amide bonds. The lowest BCUT2D eigenvalue weighted by atomic mass is 10.1. The van der Waals surface area contributed by atoms with Gasteiger partial charge in [0.05, 0.1) is 17.1 Å². The second-order valence-corrected chi connectivity index (χ2v) is 4.09. The Morgan fingerprint density at radius 2 is 2.50 bits per heavy atom. The van der Waals surface area contributed by atoms with Crippen LogP contribution in [0, 0.1) is 0 Å². The van der Waals surface area contributed by atoms with Crippen molar-refractivity contribution in [3.8, 4) is 0 Å². The van der Waals surface area contributed by atoms with Crippen molar-refractivity contribution in [3.05, 3.63) is 16.1 Å². The van der Waals surface area contributed by atoms with Gasteiger partial charge in [-0.15, -0.1) is 11.3 Å². The van der Waals surface area contributed by atoms with Gasteiger partial charge >= 0.3 is 5.97 Å². The highest BCUT2D eigenvalue weighted by molar-refractivity contribution is 7.09. The van der Waals surface area contributed by atoms with Crippen LogP contribution in [-0.4, -0.2) is 22.1 Å². The normalized spacial score (nSPS) is 12.7. The Balaban J connectivity index is 2.47. The van der Waals surface area contributed by atoms with Crippen LogP contribution >= 0.6 is 11.3 Å². The van der Waals surface area contributed by atoms with Gasteiger partial charge in [0.15, 0.2) is 0 Å². The average Bonchev–Trinajstić information content (AvgIpc) is 2.50. The molecule has 1 atom stereocenters. The number of aliphatic carboxylic acids is 1. The molecule has 1 aromatic rings. The predicted octanol–water partition coefficient (Wildman–Crippen LogP) is 1.05. The minimum absolute atomic E-state index is 0.00103. The van der Waals surface area contributed by atoms with Crippen molar-refractivity contribution in [2.75, 3.05) is 0 Å². The van der Waals surface area contributed by atoms with Gasteiger partial charge in [-0.25, -0.2) is 4.98 Å². The number of carboxylic acids is 1. The molecular formula is C9H14N2O2S. The van der Waals surface area contributed by atoms with Crippen LogP contribution in [0.5, 0.6) is 0 Å². The Hall–Kier alpha value is -0.940. The summed E-state index contributed by atoms with van der Waals surface area (Å²) in [5.41, 5.74) is 6.69. The Morgan fingerprint density at radius 3 is 3.00 bits per heavy atom. The zero-order chi connectivity index (χ0) is 10.6. The number of rotatable bonds is 5. The average molecular weight is 214 g/mol. The van der Waals surface area contributed by atoms with E-state index in [1.807, 2.05) is 12.3 Å². The number of carboxylic acid groups (broad SMARTS) is 1. The van der Waals surface area contributed by atoms with Gasteiger partial charge in [-0.2, -0.15) is 0 Å². The van der Waals surface area contributed by atoms with Crippen LogP contribution in [0.2, 0.25) is 0 Å². The fourth-order valence-electron chi connectivity index (χ4n) is 1.13. The predicted molar refractivity (Wildman–Crippen MR) is 55.4 cm³/mol. The Labute approximate surface area is 86.8 Å². The highest BCUT2D eigenvalue weighted by atomic mass is 32.1. The minimum Gasteiger partial charge on any atom is -0.481 e. The Bertz CT molecular complexity index is 312. The van der Waals surface area contributed by atoms with Crippen molar-refractivity contribution in [1.82, 2.24) is 4.98 Å². The topological polar surface area (TPSA) is 76.2 Å². The van der Waals surface area contributed by atoms with E-state index in [-0.39, 0.29) is 12.5 Å². The van der Waals surface area contributed by atoms with Gasteiger partial charge in [-0.05, 0) is 6.42 Å². The van der Waals surface area contributed by atoms with Crippen molar-refractivity contribution in [2.24, 2.45) is 5.73 Å². The van der Waals surface area contributed by atoms with E-state index >= 15 is 0 Å². The maximum atomic E-state index is 10.4. The molecule has 0 spiro atoms. The summed E-state index contributed by atoms with van der Waals surface area (Å²) < 4.78 is 0. The van der Waals surface area contributed by atoms with Crippen LogP contribution in [0.1, 0.15) is 24.0 Å². The first-order valence-electron chi connectivity index (χ1n) is 4.52. The van der Waals surface area contributed by atoms with Gasteiger partial charge in [-0.3, -0.25) is 4.79 Å². The van der Waals surface area contributed by atoms with Gasteiger partial charge in [0.2, 0.25) is 0 Å². The molecule has 0 aliphatic heterocycles. The van der Waals surface area contributed by atoms with Crippen molar-refractivity contribution in [3.63, 3.8) is 0 Å². The lowest BCUT2D eigenvalue weighted by Crippen LogP contribution is -2.26. The molecule has 3 N–H and O–H groups in total. The standard InChI is InChI=1S/C9H14N2O2S/c1-2-7-5-14-8(11-7)3-6(10)4-9(12)13/h5-6H,2-4,10H2,1H3,(H,12,13). The van der Waals surface area contributed by atoms with Gasteiger partial charge in [-0.1, -0.05) is 6.92 Å². The number of nitrogens with two attached hydrogens (primary N) is 1. The summed E-state index contributed by atoms with van der Waals surface area (Å²) in [6.07, 6.45) is 1.46. The van der Waals surface area contributed by atoms with E-state index in [1.165, 1.54) is 0 Å². The zero-order valence-corrected chi connectivity index (χ0v) is 8.88. The van der Waals surface area contributed by atoms with E-state index in [0.717, 1.165) is 17.1 Å². The first kappa shape index (κ1) is 11.1. The molecule has 4 nitrogen and oxygen atoms in total. The third-order valence-electron chi connectivity index (χ3n) is 1.84. The van der Waals surface area contributed by atoms with Gasteiger partial charge in [0.1, 0.15) is 0 Å². The number of hydrogen-bond donors (Lipinski definition) is 2. The molecule has 1 aromatic heterocycles. The quantitative estimate of drug-likeness (QED) is 0.768. The van der Waals surface area contributed by atoms with E-state index in [4.69, 9.17) is 10.8 Å². The maximum absolute atomic E-state index is 10.4. The molecule has 0 bridgehead atoms. The van der Waals surface area contributed by atoms with Gasteiger partial charge in [0, 0.05) is 17.8 Å². The van der Waals surface area contributed by atoms with Crippen LogP contribution in [0.25, 0.3) is 0 Å². The monoisotopic (exact) mass is 214 g/mol. The third kappa shape index (κ3) is 3.43. The van der Waals surface area contributed by atoms with E-state index in [1.54, 1.807) is 11.3 Å². The van der Waals surface area contributed by atoms with E-state index in [9.17, 15) is 4.79 Å². The van der Waals surface area contributed by atoms with Crippen LogP contribution in [-0.2, 0) is 17.6 Å². The molecule has 0 saturated carbocycles. The number of aromatic nitrogens is 1. The summed E-state index contributed by atoms with van der Waals surface area (Å²) in [6.45, 7) is 2.04. The van der Waals surface area contributed by atoms with E-state index in [2.05, 4.69) is 4.98 Å². The molecule has 0 radical (unpaired) electrons. The van der Waals surface area contributed by atoms with E-state index < -0.39 is 5.97 Å². The highest BCUT2D eigenvalue weighted by Crippen LogP contribution is 2.12. The molecule has 14 heavy (non-hydrogen) atoms. The number of hydrogen-bond acceptors (Lipinski definition) is 4. The molecule has 5 heteroatoms. The maximum Gasteiger partial charge on any atom is 0.304 e. The summed E-state index contributed by atoms with van der Waals surface area (Å²) >= 11 is 1.55. The molecule has 0 saturated heterocycles.